The number of anilines is 2. The standard InChI is InChI=1S/C18H19Cl2N7O/c1-2-15-22-23-16-5-6-17(24-27(15)16)25-7-9-26(10-8-25)18(28)21-12-3-4-13(19)14(20)11-12/h3-6,11H,2,7-10H2,1H3,(H,21,28). The minimum atomic E-state index is -0.159. The molecular formula is C18H19Cl2N7O. The second-order valence-corrected chi connectivity index (χ2v) is 7.28. The molecule has 3 heterocycles. The number of piperazine rings is 1. The lowest BCUT2D eigenvalue weighted by Crippen LogP contribution is -2.50. The number of nitrogens with zero attached hydrogens (tertiary/aromatic N) is 6. The van der Waals surface area contributed by atoms with E-state index in [2.05, 4.69) is 25.5 Å². The largest absolute Gasteiger partial charge is 0.352 e. The summed E-state index contributed by atoms with van der Waals surface area (Å²) in [7, 11) is 0. The van der Waals surface area contributed by atoms with Crippen molar-refractivity contribution in [3.63, 3.8) is 0 Å². The molecule has 1 fully saturated rings. The first-order valence-corrected chi connectivity index (χ1v) is 9.78. The number of rotatable bonds is 3. The smallest absolute Gasteiger partial charge is 0.321 e. The van der Waals surface area contributed by atoms with E-state index < -0.39 is 0 Å². The van der Waals surface area contributed by atoms with Crippen molar-refractivity contribution in [1.82, 2.24) is 24.7 Å². The van der Waals surface area contributed by atoms with Crippen molar-refractivity contribution in [1.29, 1.82) is 0 Å². The van der Waals surface area contributed by atoms with Crippen LogP contribution in [0.25, 0.3) is 5.65 Å². The monoisotopic (exact) mass is 419 g/mol. The van der Waals surface area contributed by atoms with Crippen LogP contribution in [0, 0.1) is 0 Å². The third-order valence-corrected chi connectivity index (χ3v) is 5.43. The first-order chi connectivity index (χ1) is 13.5. The number of hydrogen-bond acceptors (Lipinski definition) is 5. The van der Waals surface area contributed by atoms with Crippen LogP contribution in [0.1, 0.15) is 12.7 Å². The van der Waals surface area contributed by atoms with Gasteiger partial charge in [-0.15, -0.1) is 15.3 Å². The summed E-state index contributed by atoms with van der Waals surface area (Å²) in [4.78, 5) is 16.4. The summed E-state index contributed by atoms with van der Waals surface area (Å²) in [6.45, 7) is 4.59. The minimum absolute atomic E-state index is 0.159. The van der Waals surface area contributed by atoms with Gasteiger partial charge in [0, 0.05) is 38.3 Å². The lowest BCUT2D eigenvalue weighted by atomic mass is 10.3. The van der Waals surface area contributed by atoms with Gasteiger partial charge >= 0.3 is 6.03 Å². The molecule has 2 amide bonds. The van der Waals surface area contributed by atoms with Crippen molar-refractivity contribution in [3.05, 3.63) is 46.2 Å². The van der Waals surface area contributed by atoms with Crippen LogP contribution >= 0.6 is 23.2 Å². The highest BCUT2D eigenvalue weighted by Crippen LogP contribution is 2.25. The molecule has 1 aliphatic rings. The Hall–Kier alpha value is -2.58. The van der Waals surface area contributed by atoms with E-state index in [-0.39, 0.29) is 6.03 Å². The van der Waals surface area contributed by atoms with Gasteiger partial charge in [0.1, 0.15) is 5.82 Å². The first-order valence-electron chi connectivity index (χ1n) is 9.02. The Labute approximate surface area is 172 Å². The summed E-state index contributed by atoms with van der Waals surface area (Å²) < 4.78 is 1.78. The molecule has 8 nitrogen and oxygen atoms in total. The van der Waals surface area contributed by atoms with E-state index in [1.807, 2.05) is 19.1 Å². The van der Waals surface area contributed by atoms with E-state index in [9.17, 15) is 4.79 Å². The summed E-state index contributed by atoms with van der Waals surface area (Å²) in [6.07, 6.45) is 0.764. The normalized spacial score (nSPS) is 14.5. The molecule has 0 spiro atoms. The van der Waals surface area contributed by atoms with E-state index in [1.54, 1.807) is 27.6 Å². The van der Waals surface area contributed by atoms with Gasteiger partial charge in [0.15, 0.2) is 11.5 Å². The Morgan fingerprint density at radius 1 is 1.07 bits per heavy atom. The molecular weight excluding hydrogens is 401 g/mol. The van der Waals surface area contributed by atoms with E-state index in [1.165, 1.54) is 0 Å². The van der Waals surface area contributed by atoms with E-state index >= 15 is 0 Å². The number of halogens is 2. The van der Waals surface area contributed by atoms with Crippen LogP contribution in [0.4, 0.5) is 16.3 Å². The highest BCUT2D eigenvalue weighted by atomic mass is 35.5. The quantitative estimate of drug-likeness (QED) is 0.703. The zero-order valence-electron chi connectivity index (χ0n) is 15.3. The van der Waals surface area contributed by atoms with Crippen LogP contribution in [-0.4, -0.2) is 56.9 Å². The van der Waals surface area contributed by atoms with Crippen LogP contribution in [0.3, 0.4) is 0 Å². The molecule has 0 aliphatic carbocycles. The molecule has 10 heteroatoms. The molecule has 4 rings (SSSR count). The fourth-order valence-corrected chi connectivity index (χ4v) is 3.43. The predicted molar refractivity (Wildman–Crippen MR) is 109 cm³/mol. The first kappa shape index (κ1) is 18.8. The second kappa shape index (κ2) is 7.81. The van der Waals surface area contributed by atoms with Gasteiger partial charge in [-0.25, -0.2) is 4.79 Å². The van der Waals surface area contributed by atoms with Crippen molar-refractivity contribution >= 4 is 46.4 Å². The van der Waals surface area contributed by atoms with Crippen molar-refractivity contribution in [3.8, 4) is 0 Å². The molecule has 0 bridgehead atoms. The highest BCUT2D eigenvalue weighted by molar-refractivity contribution is 6.42. The summed E-state index contributed by atoms with van der Waals surface area (Å²) in [6, 6.07) is 8.73. The maximum Gasteiger partial charge on any atom is 0.321 e. The Bertz CT molecular complexity index is 1010. The molecule has 2 aromatic heterocycles. The summed E-state index contributed by atoms with van der Waals surface area (Å²) in [5.41, 5.74) is 1.36. The Morgan fingerprint density at radius 2 is 1.86 bits per heavy atom. The molecule has 146 valence electrons. The number of hydrogen-bond donors (Lipinski definition) is 1. The lowest BCUT2D eigenvalue weighted by Gasteiger charge is -2.35. The van der Waals surface area contributed by atoms with Crippen LogP contribution in [0.2, 0.25) is 10.0 Å². The number of carbonyl (C=O) groups is 1. The molecule has 1 saturated heterocycles. The average Bonchev–Trinajstić information content (AvgIpc) is 3.13. The summed E-state index contributed by atoms with van der Waals surface area (Å²) >= 11 is 11.9. The van der Waals surface area contributed by atoms with E-state index in [0.717, 1.165) is 23.7 Å². The van der Waals surface area contributed by atoms with E-state index in [0.29, 0.717) is 41.9 Å². The Morgan fingerprint density at radius 3 is 2.57 bits per heavy atom. The number of fused-ring (bicyclic) bond motifs is 1. The van der Waals surface area contributed by atoms with Gasteiger partial charge < -0.3 is 15.1 Å². The number of aromatic nitrogens is 4. The molecule has 0 atom stereocenters. The van der Waals surface area contributed by atoms with Crippen LogP contribution in [-0.2, 0) is 6.42 Å². The fourth-order valence-electron chi connectivity index (χ4n) is 3.13. The van der Waals surface area contributed by atoms with Crippen molar-refractivity contribution in [2.45, 2.75) is 13.3 Å². The number of amides is 2. The van der Waals surface area contributed by atoms with Gasteiger partial charge in [-0.2, -0.15) is 4.52 Å². The van der Waals surface area contributed by atoms with Crippen molar-refractivity contribution in [2.75, 3.05) is 36.4 Å². The molecule has 1 aliphatic heterocycles. The zero-order chi connectivity index (χ0) is 19.7. The van der Waals surface area contributed by atoms with Gasteiger partial charge in [0.25, 0.3) is 0 Å². The summed E-state index contributed by atoms with van der Waals surface area (Å²) in [5.74, 6) is 1.68. The van der Waals surface area contributed by atoms with Crippen molar-refractivity contribution < 1.29 is 4.79 Å². The summed E-state index contributed by atoms with van der Waals surface area (Å²) in [5, 5.41) is 16.6. The molecule has 1 aromatic carbocycles. The van der Waals surface area contributed by atoms with Crippen molar-refractivity contribution in [2.24, 2.45) is 0 Å². The zero-order valence-corrected chi connectivity index (χ0v) is 16.8. The number of benzene rings is 1. The maximum absolute atomic E-state index is 12.5. The number of carbonyl (C=O) groups excluding carboxylic acids is 1. The highest BCUT2D eigenvalue weighted by Gasteiger charge is 2.22. The number of urea groups is 1. The van der Waals surface area contributed by atoms with Gasteiger partial charge in [0.05, 0.1) is 10.0 Å². The Balaban J connectivity index is 1.40. The van der Waals surface area contributed by atoms with Crippen LogP contribution in [0.5, 0.6) is 0 Å². The fraction of sp³-hybridized carbons (Fsp3) is 0.333. The maximum atomic E-state index is 12.5. The van der Waals surface area contributed by atoms with Gasteiger partial charge in [-0.1, -0.05) is 30.1 Å². The molecule has 0 saturated carbocycles. The minimum Gasteiger partial charge on any atom is -0.352 e. The average molecular weight is 420 g/mol. The Kier molecular flexibility index (Phi) is 5.23. The molecule has 28 heavy (non-hydrogen) atoms. The SMILES string of the molecule is CCc1nnc2ccc(N3CCN(C(=O)Nc4ccc(Cl)c(Cl)c4)CC3)nn12. The second-order valence-electron chi connectivity index (χ2n) is 6.46. The topological polar surface area (TPSA) is 78.7 Å². The van der Waals surface area contributed by atoms with Gasteiger partial charge in [0.2, 0.25) is 0 Å². The molecule has 0 unspecified atom stereocenters. The van der Waals surface area contributed by atoms with Gasteiger partial charge in [-0.3, -0.25) is 0 Å². The molecule has 1 N–H and O–H groups in total. The van der Waals surface area contributed by atoms with E-state index in [4.69, 9.17) is 23.2 Å². The van der Waals surface area contributed by atoms with Crippen LogP contribution in [0.15, 0.2) is 30.3 Å². The molecule has 0 radical (unpaired) electrons. The van der Waals surface area contributed by atoms with Gasteiger partial charge in [-0.05, 0) is 30.3 Å². The van der Waals surface area contributed by atoms with Crippen LogP contribution < -0.4 is 10.2 Å². The number of nitrogens with one attached hydrogen (secondary N) is 1. The third-order valence-electron chi connectivity index (χ3n) is 4.69. The number of aryl methyl sites for hydroxylation is 1. The lowest BCUT2D eigenvalue weighted by molar-refractivity contribution is 0.208. The molecule has 3 aromatic rings. The predicted octanol–water partition coefficient (Wildman–Crippen LogP) is 3.35. The third kappa shape index (κ3) is 3.70.